The Hall–Kier alpha value is -3.12. The molecule has 0 aromatic heterocycles. The first-order valence-corrected chi connectivity index (χ1v) is 8.57. The molecule has 6 nitrogen and oxygen atoms in total. The number of esters is 1. The average Bonchev–Trinajstić information content (AvgIpc) is 3.33. The smallest absolute Gasteiger partial charge is 0.332 e. The topological polar surface area (TPSA) is 63.2 Å². The molecular formula is C20H15ClO6. The van der Waals surface area contributed by atoms with Gasteiger partial charge in [0.2, 0.25) is 13.6 Å². The van der Waals surface area contributed by atoms with Gasteiger partial charge in [-0.25, -0.2) is 4.79 Å². The van der Waals surface area contributed by atoms with Crippen molar-refractivity contribution in [1.29, 1.82) is 0 Å². The van der Waals surface area contributed by atoms with Crippen LogP contribution in [0.2, 0.25) is 0 Å². The van der Waals surface area contributed by atoms with E-state index >= 15 is 0 Å². The summed E-state index contributed by atoms with van der Waals surface area (Å²) in [7, 11) is 0. The van der Waals surface area contributed by atoms with Crippen LogP contribution in [0.3, 0.4) is 0 Å². The lowest BCUT2D eigenvalue weighted by Crippen LogP contribution is -2.00. The van der Waals surface area contributed by atoms with Gasteiger partial charge in [-0.05, 0) is 47.5 Å². The van der Waals surface area contributed by atoms with Crippen LogP contribution in [0.5, 0.6) is 23.0 Å². The Morgan fingerprint density at radius 3 is 2.41 bits per heavy atom. The van der Waals surface area contributed by atoms with Crippen molar-refractivity contribution < 1.29 is 28.5 Å². The highest BCUT2D eigenvalue weighted by Gasteiger charge is 2.15. The van der Waals surface area contributed by atoms with Crippen molar-refractivity contribution >= 4 is 28.7 Å². The molecule has 0 saturated carbocycles. The monoisotopic (exact) mass is 386 g/mol. The summed E-state index contributed by atoms with van der Waals surface area (Å²) in [6, 6.07) is 10.8. The lowest BCUT2D eigenvalue weighted by Gasteiger charge is -2.02. The van der Waals surface area contributed by atoms with E-state index in [-0.39, 0.29) is 25.2 Å². The molecule has 0 fully saturated rings. The van der Waals surface area contributed by atoms with E-state index in [1.54, 1.807) is 24.3 Å². The van der Waals surface area contributed by atoms with E-state index in [2.05, 4.69) is 0 Å². The normalized spacial score (nSPS) is 14.6. The molecule has 27 heavy (non-hydrogen) atoms. The third-order valence-electron chi connectivity index (χ3n) is 3.92. The van der Waals surface area contributed by atoms with E-state index in [4.69, 9.17) is 35.3 Å². The van der Waals surface area contributed by atoms with Crippen LogP contribution in [-0.4, -0.2) is 26.2 Å². The zero-order valence-electron chi connectivity index (χ0n) is 14.1. The number of carbonyl (C=O) groups is 1. The van der Waals surface area contributed by atoms with Crippen LogP contribution in [0.15, 0.2) is 48.6 Å². The Kier molecular flexibility index (Phi) is 4.89. The molecule has 138 valence electrons. The third-order valence-corrected chi connectivity index (χ3v) is 4.25. The zero-order chi connectivity index (χ0) is 18.6. The highest BCUT2D eigenvalue weighted by Crippen LogP contribution is 2.35. The molecule has 0 radical (unpaired) electrons. The molecule has 0 saturated heterocycles. The number of carbonyl (C=O) groups excluding carboxylic acids is 1. The second-order valence-electron chi connectivity index (χ2n) is 5.71. The van der Waals surface area contributed by atoms with Crippen molar-refractivity contribution in [2.45, 2.75) is 0 Å². The van der Waals surface area contributed by atoms with Crippen LogP contribution < -0.4 is 18.9 Å². The third kappa shape index (κ3) is 4.01. The predicted octanol–water partition coefficient (Wildman–Crippen LogP) is 3.98. The van der Waals surface area contributed by atoms with Crippen molar-refractivity contribution in [3.05, 3.63) is 59.7 Å². The minimum Gasteiger partial charge on any atom is -0.458 e. The van der Waals surface area contributed by atoms with E-state index in [0.717, 1.165) is 11.3 Å². The highest BCUT2D eigenvalue weighted by molar-refractivity contribution is 6.50. The molecule has 0 amide bonds. The molecule has 0 bridgehead atoms. The Morgan fingerprint density at radius 2 is 1.63 bits per heavy atom. The van der Waals surface area contributed by atoms with Crippen molar-refractivity contribution in [3.8, 4) is 23.0 Å². The largest absolute Gasteiger partial charge is 0.458 e. The first kappa shape index (κ1) is 17.3. The molecule has 0 spiro atoms. The summed E-state index contributed by atoms with van der Waals surface area (Å²) in [5.74, 6) is 2.14. The maximum Gasteiger partial charge on any atom is 0.332 e. The van der Waals surface area contributed by atoms with Gasteiger partial charge >= 0.3 is 5.97 Å². The van der Waals surface area contributed by atoms with Crippen LogP contribution >= 0.6 is 11.6 Å². The first-order valence-electron chi connectivity index (χ1n) is 8.19. The van der Waals surface area contributed by atoms with E-state index in [9.17, 15) is 4.79 Å². The molecule has 0 unspecified atom stereocenters. The van der Waals surface area contributed by atoms with Crippen LogP contribution in [0.1, 0.15) is 11.1 Å². The van der Waals surface area contributed by atoms with Gasteiger partial charge in [-0.2, -0.15) is 0 Å². The predicted molar refractivity (Wildman–Crippen MR) is 99.0 cm³/mol. The van der Waals surface area contributed by atoms with Crippen LogP contribution in [0, 0.1) is 0 Å². The molecule has 2 aromatic rings. The fraction of sp³-hybridized carbons (Fsp3) is 0.150. The summed E-state index contributed by atoms with van der Waals surface area (Å²) in [5, 5.41) is 0.262. The molecule has 2 aromatic carbocycles. The number of rotatable bonds is 5. The van der Waals surface area contributed by atoms with Gasteiger partial charge in [0.25, 0.3) is 0 Å². The Balaban J connectivity index is 1.32. The second kappa shape index (κ2) is 7.63. The first-order chi connectivity index (χ1) is 13.2. The van der Waals surface area contributed by atoms with Gasteiger partial charge in [0, 0.05) is 6.08 Å². The molecule has 2 aliphatic heterocycles. The van der Waals surface area contributed by atoms with Crippen molar-refractivity contribution in [2.24, 2.45) is 0 Å². The van der Waals surface area contributed by atoms with E-state index in [0.29, 0.717) is 22.8 Å². The summed E-state index contributed by atoms with van der Waals surface area (Å²) >= 11 is 6.19. The number of hydrogen-bond donors (Lipinski definition) is 0. The van der Waals surface area contributed by atoms with Crippen LogP contribution in [0.4, 0.5) is 0 Å². The Morgan fingerprint density at radius 1 is 0.963 bits per heavy atom. The average molecular weight is 387 g/mol. The lowest BCUT2D eigenvalue weighted by molar-refractivity contribution is -0.136. The molecule has 7 heteroatoms. The highest BCUT2D eigenvalue weighted by atomic mass is 35.5. The summed E-state index contributed by atoms with van der Waals surface area (Å²) in [6.07, 6.45) is 4.80. The number of fused-ring (bicyclic) bond motifs is 2. The van der Waals surface area contributed by atoms with Gasteiger partial charge in [0.05, 0.1) is 5.03 Å². The van der Waals surface area contributed by atoms with Gasteiger partial charge in [-0.3, -0.25) is 0 Å². The molecular weight excluding hydrogens is 372 g/mol. The number of hydrogen-bond acceptors (Lipinski definition) is 6. The number of halogens is 1. The summed E-state index contributed by atoms with van der Waals surface area (Å²) in [6.45, 7) is 0.531. The van der Waals surface area contributed by atoms with Crippen molar-refractivity contribution in [1.82, 2.24) is 0 Å². The van der Waals surface area contributed by atoms with Crippen LogP contribution in [0.25, 0.3) is 11.1 Å². The van der Waals surface area contributed by atoms with Crippen molar-refractivity contribution in [2.75, 3.05) is 20.2 Å². The van der Waals surface area contributed by atoms with E-state index < -0.39 is 5.97 Å². The zero-order valence-corrected chi connectivity index (χ0v) is 14.9. The van der Waals surface area contributed by atoms with Crippen molar-refractivity contribution in [3.63, 3.8) is 0 Å². The lowest BCUT2D eigenvalue weighted by atomic mass is 10.2. The fourth-order valence-electron chi connectivity index (χ4n) is 2.60. The van der Waals surface area contributed by atoms with Gasteiger partial charge in [-0.15, -0.1) is 0 Å². The van der Waals surface area contributed by atoms with Gasteiger partial charge < -0.3 is 23.7 Å². The maximum atomic E-state index is 11.9. The molecule has 0 aliphatic carbocycles. The number of benzene rings is 2. The van der Waals surface area contributed by atoms with Gasteiger partial charge in [0.15, 0.2) is 23.0 Å². The Bertz CT molecular complexity index is 934. The standard InChI is InChI=1S/C20H15ClO6/c21-15(14-4-6-17-19(9-14)27-12-25-17)10-20(22)23-7-1-2-13-3-5-16-18(8-13)26-11-24-16/h1-6,8-10H,7,11-12H2/b2-1-,15-10-. The second-order valence-corrected chi connectivity index (χ2v) is 6.11. The molecule has 0 atom stereocenters. The minimum absolute atomic E-state index is 0.120. The number of ether oxygens (including phenoxy) is 5. The maximum absolute atomic E-state index is 11.9. The van der Waals surface area contributed by atoms with E-state index in [1.807, 2.05) is 24.3 Å². The minimum atomic E-state index is -0.534. The van der Waals surface area contributed by atoms with Gasteiger partial charge in [-0.1, -0.05) is 23.7 Å². The molecule has 4 rings (SSSR count). The molecule has 2 aliphatic rings. The molecule has 2 heterocycles. The quantitative estimate of drug-likeness (QED) is 0.572. The summed E-state index contributed by atoms with van der Waals surface area (Å²) in [4.78, 5) is 11.9. The fourth-order valence-corrected chi connectivity index (χ4v) is 2.81. The van der Waals surface area contributed by atoms with E-state index in [1.165, 1.54) is 6.08 Å². The molecule has 0 N–H and O–H groups in total. The summed E-state index contributed by atoms with van der Waals surface area (Å²) < 4.78 is 26.3. The van der Waals surface area contributed by atoms with Crippen LogP contribution in [-0.2, 0) is 9.53 Å². The SMILES string of the molecule is O=C(/C=C(\Cl)c1ccc2c(c1)OCO2)OC/C=C\c1ccc2c(c1)OCO2. The van der Waals surface area contributed by atoms with Gasteiger partial charge in [0.1, 0.15) is 6.61 Å². The summed E-state index contributed by atoms with van der Waals surface area (Å²) in [5.41, 5.74) is 1.57. The Labute approximate surface area is 160 Å².